The van der Waals surface area contributed by atoms with Crippen molar-refractivity contribution in [3.63, 3.8) is 0 Å². The van der Waals surface area contributed by atoms with Gasteiger partial charge in [-0.2, -0.15) is 0 Å². The van der Waals surface area contributed by atoms with Crippen LogP contribution in [0.4, 0.5) is 28.9 Å². The Bertz CT molecular complexity index is 945. The Labute approximate surface area is 165 Å². The predicted octanol–water partition coefficient (Wildman–Crippen LogP) is 3.91. The topological polar surface area (TPSA) is 75.7 Å². The Morgan fingerprint density at radius 3 is 2.10 bits per heavy atom. The summed E-state index contributed by atoms with van der Waals surface area (Å²) in [6.45, 7) is 1.59. The van der Waals surface area contributed by atoms with Crippen molar-refractivity contribution in [2.45, 2.75) is 25.7 Å². The summed E-state index contributed by atoms with van der Waals surface area (Å²) >= 11 is 0. The van der Waals surface area contributed by atoms with E-state index < -0.39 is 39.9 Å². The number of alkyl halides is 3. The van der Waals surface area contributed by atoms with Crippen molar-refractivity contribution in [3.05, 3.63) is 54.3 Å². The van der Waals surface area contributed by atoms with E-state index in [4.69, 9.17) is 0 Å². The second kappa shape index (κ2) is 8.68. The summed E-state index contributed by atoms with van der Waals surface area (Å²) in [5.41, 5.74) is 0.250. The highest BCUT2D eigenvalue weighted by molar-refractivity contribution is 7.92. The molecule has 0 spiro atoms. The van der Waals surface area contributed by atoms with E-state index in [2.05, 4.69) is 10.1 Å². The van der Waals surface area contributed by atoms with Crippen molar-refractivity contribution < 1.29 is 35.5 Å². The normalized spacial score (nSPS) is 12.9. The summed E-state index contributed by atoms with van der Waals surface area (Å²) < 4.78 is 79.0. The molecule has 0 radical (unpaired) electrons. The van der Waals surface area contributed by atoms with Crippen LogP contribution in [0.25, 0.3) is 0 Å². The van der Waals surface area contributed by atoms with Gasteiger partial charge in [0.05, 0.1) is 11.9 Å². The number of sulfonamides is 1. The first kappa shape index (κ1) is 22.5. The van der Waals surface area contributed by atoms with Crippen LogP contribution in [0.5, 0.6) is 5.75 Å². The molecule has 2 aromatic carbocycles. The zero-order valence-electron chi connectivity index (χ0n) is 15.4. The van der Waals surface area contributed by atoms with Gasteiger partial charge in [0.1, 0.15) is 17.6 Å². The fraction of sp³-hybridized carbons (Fsp3) is 0.278. The number of amides is 1. The first-order valence-corrected chi connectivity index (χ1v) is 10.2. The summed E-state index contributed by atoms with van der Waals surface area (Å²) in [6, 6.07) is 7.83. The quantitative estimate of drug-likeness (QED) is 0.671. The van der Waals surface area contributed by atoms with E-state index in [1.807, 2.05) is 0 Å². The van der Waals surface area contributed by atoms with E-state index in [-0.39, 0.29) is 17.8 Å². The van der Waals surface area contributed by atoms with Crippen molar-refractivity contribution in [1.29, 1.82) is 0 Å². The maximum atomic E-state index is 13.2. The van der Waals surface area contributed by atoms with Gasteiger partial charge in [-0.1, -0.05) is 6.92 Å². The number of carbonyl (C=O) groups excluding carboxylic acids is 1. The minimum atomic E-state index is -4.84. The third kappa shape index (κ3) is 6.34. The molecule has 0 aliphatic rings. The molecule has 2 rings (SSSR count). The number of anilines is 2. The summed E-state index contributed by atoms with van der Waals surface area (Å²) in [4.78, 5) is 12.7. The van der Waals surface area contributed by atoms with Gasteiger partial charge in [0.25, 0.3) is 0 Å². The van der Waals surface area contributed by atoms with Gasteiger partial charge in [0, 0.05) is 5.69 Å². The van der Waals surface area contributed by atoms with Crippen molar-refractivity contribution in [2.24, 2.45) is 0 Å². The van der Waals surface area contributed by atoms with Gasteiger partial charge in [-0.3, -0.25) is 9.10 Å². The fourth-order valence-electron chi connectivity index (χ4n) is 2.61. The van der Waals surface area contributed by atoms with Crippen LogP contribution in [0.1, 0.15) is 13.3 Å². The lowest BCUT2D eigenvalue weighted by molar-refractivity contribution is -0.274. The Morgan fingerprint density at radius 2 is 1.66 bits per heavy atom. The molecule has 6 nitrogen and oxygen atoms in total. The third-order valence-electron chi connectivity index (χ3n) is 3.77. The second-order valence-electron chi connectivity index (χ2n) is 6.02. The first-order chi connectivity index (χ1) is 13.4. The molecule has 0 aromatic heterocycles. The average molecular weight is 434 g/mol. The minimum absolute atomic E-state index is 0.0888. The standard InChI is InChI=1S/C18H18F4N2O4S/c1-3-16(24(29(2,26)27)14-8-4-12(19)5-9-14)17(25)23-13-6-10-15(11-7-13)28-18(20,21)22/h4-11,16H,3H2,1-2H3,(H,23,25)/t16-/m1/s1. The van der Waals surface area contributed by atoms with Crippen LogP contribution in [0.15, 0.2) is 48.5 Å². The van der Waals surface area contributed by atoms with Crippen LogP contribution in [0, 0.1) is 5.82 Å². The molecule has 29 heavy (non-hydrogen) atoms. The van der Waals surface area contributed by atoms with Crippen LogP contribution >= 0.6 is 0 Å². The Balaban J connectivity index is 2.24. The molecule has 0 aliphatic heterocycles. The van der Waals surface area contributed by atoms with Gasteiger partial charge in [0.15, 0.2) is 0 Å². The van der Waals surface area contributed by atoms with E-state index >= 15 is 0 Å². The van der Waals surface area contributed by atoms with Gasteiger partial charge in [0.2, 0.25) is 15.9 Å². The average Bonchev–Trinajstić information content (AvgIpc) is 2.60. The number of hydrogen-bond acceptors (Lipinski definition) is 4. The molecule has 0 heterocycles. The summed E-state index contributed by atoms with van der Waals surface area (Å²) in [5, 5.41) is 2.46. The smallest absolute Gasteiger partial charge is 0.406 e. The summed E-state index contributed by atoms with van der Waals surface area (Å²) in [6.07, 6.45) is -3.84. The van der Waals surface area contributed by atoms with Crippen LogP contribution in [-0.2, 0) is 14.8 Å². The van der Waals surface area contributed by atoms with Gasteiger partial charge in [-0.05, 0) is 55.0 Å². The number of benzene rings is 2. The van der Waals surface area contributed by atoms with E-state index in [1.54, 1.807) is 6.92 Å². The van der Waals surface area contributed by atoms with Gasteiger partial charge in [-0.25, -0.2) is 12.8 Å². The lowest BCUT2D eigenvalue weighted by Gasteiger charge is -2.30. The highest BCUT2D eigenvalue weighted by Crippen LogP contribution is 2.26. The van der Waals surface area contributed by atoms with Crippen molar-refractivity contribution in [3.8, 4) is 5.75 Å². The SMILES string of the molecule is CC[C@H](C(=O)Nc1ccc(OC(F)(F)F)cc1)N(c1ccc(F)cc1)S(C)(=O)=O. The van der Waals surface area contributed by atoms with Crippen LogP contribution < -0.4 is 14.4 Å². The molecular formula is C18H18F4N2O4S. The van der Waals surface area contributed by atoms with Crippen LogP contribution in [-0.4, -0.2) is 33.0 Å². The lowest BCUT2D eigenvalue weighted by Crippen LogP contribution is -2.47. The maximum Gasteiger partial charge on any atom is 0.573 e. The monoisotopic (exact) mass is 434 g/mol. The molecule has 1 amide bonds. The highest BCUT2D eigenvalue weighted by Gasteiger charge is 2.32. The number of nitrogens with zero attached hydrogens (tertiary/aromatic N) is 1. The van der Waals surface area contributed by atoms with Crippen molar-refractivity contribution in [1.82, 2.24) is 0 Å². The maximum absolute atomic E-state index is 13.2. The van der Waals surface area contributed by atoms with Crippen molar-refractivity contribution >= 4 is 27.3 Å². The molecule has 0 aliphatic carbocycles. The van der Waals surface area contributed by atoms with E-state index in [1.165, 1.54) is 24.3 Å². The van der Waals surface area contributed by atoms with E-state index in [9.17, 15) is 30.8 Å². The molecule has 0 saturated carbocycles. The molecule has 0 fully saturated rings. The lowest BCUT2D eigenvalue weighted by atomic mass is 10.1. The molecule has 158 valence electrons. The number of halogens is 4. The number of hydrogen-bond donors (Lipinski definition) is 1. The van der Waals surface area contributed by atoms with Crippen LogP contribution in [0.2, 0.25) is 0 Å². The van der Waals surface area contributed by atoms with Crippen LogP contribution in [0.3, 0.4) is 0 Å². The van der Waals surface area contributed by atoms with Crippen molar-refractivity contribution in [2.75, 3.05) is 15.9 Å². The number of ether oxygens (including phenoxy) is 1. The molecule has 0 bridgehead atoms. The molecule has 11 heteroatoms. The zero-order valence-corrected chi connectivity index (χ0v) is 16.2. The number of nitrogens with one attached hydrogen (secondary N) is 1. The fourth-order valence-corrected chi connectivity index (χ4v) is 3.83. The minimum Gasteiger partial charge on any atom is -0.406 e. The molecule has 1 N–H and O–H groups in total. The highest BCUT2D eigenvalue weighted by atomic mass is 32.2. The van der Waals surface area contributed by atoms with Gasteiger partial charge >= 0.3 is 6.36 Å². The van der Waals surface area contributed by atoms with Gasteiger partial charge < -0.3 is 10.1 Å². The third-order valence-corrected chi connectivity index (χ3v) is 4.95. The molecular weight excluding hydrogens is 416 g/mol. The summed E-state index contributed by atoms with van der Waals surface area (Å²) in [5.74, 6) is -1.74. The second-order valence-corrected chi connectivity index (χ2v) is 7.88. The Morgan fingerprint density at radius 1 is 1.10 bits per heavy atom. The molecule has 0 unspecified atom stereocenters. The Hall–Kier alpha value is -2.82. The largest absolute Gasteiger partial charge is 0.573 e. The Kier molecular flexibility index (Phi) is 6.73. The summed E-state index contributed by atoms with van der Waals surface area (Å²) in [7, 11) is -3.90. The van der Waals surface area contributed by atoms with E-state index in [0.717, 1.165) is 34.8 Å². The van der Waals surface area contributed by atoms with E-state index in [0.29, 0.717) is 0 Å². The zero-order chi connectivity index (χ0) is 21.8. The predicted molar refractivity (Wildman–Crippen MR) is 99.6 cm³/mol. The first-order valence-electron chi connectivity index (χ1n) is 8.32. The molecule has 0 saturated heterocycles. The molecule has 2 aromatic rings. The number of rotatable bonds is 7. The molecule has 1 atom stereocenters. The van der Waals surface area contributed by atoms with Gasteiger partial charge in [-0.15, -0.1) is 13.2 Å². The number of carbonyl (C=O) groups is 1.